The fraction of sp³-hybridized carbons (Fsp3) is 0.500. The fourth-order valence-electron chi connectivity index (χ4n) is 2.93. The van der Waals surface area contributed by atoms with E-state index >= 15 is 0 Å². The highest BCUT2D eigenvalue weighted by Gasteiger charge is 2.35. The fourth-order valence-corrected chi connectivity index (χ4v) is 3.48. The van der Waals surface area contributed by atoms with E-state index in [4.69, 9.17) is 24.4 Å². The third-order valence-corrected chi connectivity index (χ3v) is 4.61. The number of rotatable bonds is 0. The Bertz CT molecular complexity index is 506. The maximum Gasteiger partial charge on any atom is 0.106 e. The van der Waals surface area contributed by atoms with E-state index < -0.39 is 0 Å². The standard InChI is InChI=1S/C12H14N2S2/c1-13-6-8-5-9(12(13)16)10-3-2-4-11(15)14(10)7-8/h2-4,8-9H,5-7H2,1H3/t8-,9-/m0/s1. The van der Waals surface area contributed by atoms with Crippen LogP contribution in [0.5, 0.6) is 0 Å². The molecule has 4 heteroatoms. The van der Waals surface area contributed by atoms with Crippen molar-refractivity contribution in [1.82, 2.24) is 9.47 Å². The van der Waals surface area contributed by atoms with Crippen molar-refractivity contribution < 1.29 is 0 Å². The van der Waals surface area contributed by atoms with Crippen molar-refractivity contribution in [3.63, 3.8) is 0 Å². The summed E-state index contributed by atoms with van der Waals surface area (Å²) in [5, 5.41) is 0. The number of aromatic nitrogens is 1. The zero-order valence-electron chi connectivity index (χ0n) is 9.22. The molecule has 0 saturated carbocycles. The molecule has 1 fully saturated rings. The number of likely N-dealkylation sites (tertiary alicyclic amines) is 1. The van der Waals surface area contributed by atoms with Gasteiger partial charge >= 0.3 is 0 Å². The molecule has 2 nitrogen and oxygen atoms in total. The summed E-state index contributed by atoms with van der Waals surface area (Å²) in [6, 6.07) is 6.22. The second kappa shape index (κ2) is 3.64. The largest absolute Gasteiger partial charge is 0.368 e. The molecule has 2 bridgehead atoms. The van der Waals surface area contributed by atoms with E-state index in [-0.39, 0.29) is 0 Å². The summed E-state index contributed by atoms with van der Waals surface area (Å²) in [6.45, 7) is 2.13. The minimum Gasteiger partial charge on any atom is -0.368 e. The molecule has 0 unspecified atom stereocenters. The van der Waals surface area contributed by atoms with Crippen LogP contribution in [-0.4, -0.2) is 28.0 Å². The Morgan fingerprint density at radius 3 is 2.88 bits per heavy atom. The molecule has 1 aromatic heterocycles. The van der Waals surface area contributed by atoms with Gasteiger partial charge in [0.2, 0.25) is 0 Å². The Labute approximate surface area is 106 Å². The van der Waals surface area contributed by atoms with Crippen LogP contribution < -0.4 is 0 Å². The van der Waals surface area contributed by atoms with Crippen LogP contribution in [0.15, 0.2) is 18.2 Å². The summed E-state index contributed by atoms with van der Waals surface area (Å²) < 4.78 is 3.22. The van der Waals surface area contributed by atoms with Gasteiger partial charge < -0.3 is 9.47 Å². The van der Waals surface area contributed by atoms with Crippen LogP contribution in [0.4, 0.5) is 0 Å². The van der Waals surface area contributed by atoms with Crippen LogP contribution in [0.3, 0.4) is 0 Å². The molecular weight excluding hydrogens is 236 g/mol. The zero-order valence-corrected chi connectivity index (χ0v) is 10.9. The number of piperidine rings is 1. The normalized spacial score (nSPS) is 27.8. The lowest BCUT2D eigenvalue weighted by atomic mass is 9.83. The summed E-state index contributed by atoms with van der Waals surface area (Å²) in [5.74, 6) is 1.10. The topological polar surface area (TPSA) is 8.17 Å². The molecule has 2 aliphatic heterocycles. The second-order valence-corrected chi connectivity index (χ2v) is 5.61. The summed E-state index contributed by atoms with van der Waals surface area (Å²) in [5.41, 5.74) is 1.31. The van der Waals surface area contributed by atoms with E-state index in [9.17, 15) is 0 Å². The van der Waals surface area contributed by atoms with Crippen molar-refractivity contribution in [3.05, 3.63) is 28.5 Å². The molecule has 16 heavy (non-hydrogen) atoms. The molecule has 0 amide bonds. The van der Waals surface area contributed by atoms with Crippen molar-refractivity contribution in [3.8, 4) is 0 Å². The van der Waals surface area contributed by atoms with Gasteiger partial charge in [0, 0.05) is 25.8 Å². The summed E-state index contributed by atoms with van der Waals surface area (Å²) >= 11 is 10.9. The third kappa shape index (κ3) is 1.44. The van der Waals surface area contributed by atoms with Crippen molar-refractivity contribution in [2.24, 2.45) is 5.92 Å². The predicted molar refractivity (Wildman–Crippen MR) is 71.3 cm³/mol. The van der Waals surface area contributed by atoms with E-state index in [1.165, 1.54) is 12.1 Å². The average molecular weight is 250 g/mol. The maximum absolute atomic E-state index is 5.53. The first-order valence-electron chi connectivity index (χ1n) is 5.61. The SMILES string of the molecule is CN1C[C@@H]2C[C@H](C1=S)c1cccc(=S)n1C2. The average Bonchev–Trinajstić information content (AvgIpc) is 2.27. The van der Waals surface area contributed by atoms with Gasteiger partial charge in [-0.1, -0.05) is 30.5 Å². The summed E-state index contributed by atoms with van der Waals surface area (Å²) in [7, 11) is 2.11. The van der Waals surface area contributed by atoms with Gasteiger partial charge in [0.05, 0.1) is 10.9 Å². The second-order valence-electron chi connectivity index (χ2n) is 4.77. The lowest BCUT2D eigenvalue weighted by molar-refractivity contribution is 0.252. The molecule has 3 heterocycles. The first-order valence-corrected chi connectivity index (χ1v) is 6.43. The van der Waals surface area contributed by atoms with Crippen LogP contribution in [0.1, 0.15) is 18.0 Å². The van der Waals surface area contributed by atoms with Crippen molar-refractivity contribution >= 4 is 29.4 Å². The van der Waals surface area contributed by atoms with Gasteiger partial charge in [-0.2, -0.15) is 0 Å². The van der Waals surface area contributed by atoms with Crippen LogP contribution in [0, 0.1) is 10.6 Å². The van der Waals surface area contributed by atoms with E-state index in [1.54, 1.807) is 0 Å². The highest BCUT2D eigenvalue weighted by Crippen LogP contribution is 2.36. The van der Waals surface area contributed by atoms with Gasteiger partial charge in [-0.15, -0.1) is 0 Å². The molecule has 1 aromatic rings. The first-order chi connectivity index (χ1) is 7.66. The molecule has 0 aliphatic carbocycles. The Morgan fingerprint density at radius 2 is 2.06 bits per heavy atom. The Morgan fingerprint density at radius 1 is 1.25 bits per heavy atom. The number of nitrogens with zero attached hydrogens (tertiary/aromatic N) is 2. The van der Waals surface area contributed by atoms with E-state index in [1.807, 2.05) is 12.1 Å². The van der Waals surface area contributed by atoms with Gasteiger partial charge in [0.15, 0.2) is 0 Å². The molecule has 0 spiro atoms. The summed E-state index contributed by atoms with van der Waals surface area (Å²) in [4.78, 5) is 3.30. The molecule has 0 radical (unpaired) electrons. The number of hydrogen-bond acceptors (Lipinski definition) is 2. The Balaban J connectivity index is 2.16. The van der Waals surface area contributed by atoms with Crippen LogP contribution in [0.2, 0.25) is 0 Å². The number of thiocarbonyl (C=S) groups is 1. The van der Waals surface area contributed by atoms with Crippen molar-refractivity contribution in [2.75, 3.05) is 13.6 Å². The molecule has 84 valence electrons. The highest BCUT2D eigenvalue weighted by atomic mass is 32.1. The van der Waals surface area contributed by atoms with Gasteiger partial charge in [-0.25, -0.2) is 0 Å². The molecule has 3 rings (SSSR count). The van der Waals surface area contributed by atoms with Crippen LogP contribution in [-0.2, 0) is 6.54 Å². The highest BCUT2D eigenvalue weighted by molar-refractivity contribution is 7.80. The minimum absolute atomic E-state index is 0.399. The summed E-state index contributed by atoms with van der Waals surface area (Å²) in [6.07, 6.45) is 1.20. The molecule has 2 atom stereocenters. The Hall–Kier alpha value is -0.740. The lowest BCUT2D eigenvalue weighted by Gasteiger charge is -2.42. The lowest BCUT2D eigenvalue weighted by Crippen LogP contribution is -2.46. The van der Waals surface area contributed by atoms with E-state index in [0.29, 0.717) is 11.8 Å². The van der Waals surface area contributed by atoms with Crippen LogP contribution in [0.25, 0.3) is 0 Å². The van der Waals surface area contributed by atoms with E-state index in [2.05, 4.69) is 22.6 Å². The van der Waals surface area contributed by atoms with Crippen LogP contribution >= 0.6 is 24.4 Å². The zero-order chi connectivity index (χ0) is 11.3. The van der Waals surface area contributed by atoms with Crippen molar-refractivity contribution in [1.29, 1.82) is 0 Å². The third-order valence-electron chi connectivity index (χ3n) is 3.66. The number of fused-ring (bicyclic) bond motifs is 4. The molecule has 0 N–H and O–H groups in total. The molecular formula is C12H14N2S2. The smallest absolute Gasteiger partial charge is 0.106 e. The number of likely N-dealkylation sites (N-methyl/N-ethyl adjacent to an activating group) is 1. The quantitative estimate of drug-likeness (QED) is 0.655. The molecule has 2 aliphatic rings. The van der Waals surface area contributed by atoms with Crippen molar-refractivity contribution in [2.45, 2.75) is 18.9 Å². The Kier molecular flexibility index (Phi) is 2.37. The molecule has 1 saturated heterocycles. The van der Waals surface area contributed by atoms with Gasteiger partial charge in [-0.05, 0) is 24.5 Å². The van der Waals surface area contributed by atoms with Gasteiger partial charge in [0.1, 0.15) is 4.64 Å². The number of hydrogen-bond donors (Lipinski definition) is 0. The maximum atomic E-state index is 5.53. The minimum atomic E-state index is 0.399. The number of pyridine rings is 1. The predicted octanol–water partition coefficient (Wildman–Crippen LogP) is 2.59. The van der Waals surface area contributed by atoms with Gasteiger partial charge in [0.25, 0.3) is 0 Å². The van der Waals surface area contributed by atoms with E-state index in [0.717, 1.165) is 22.7 Å². The monoisotopic (exact) mass is 250 g/mol. The molecule has 0 aromatic carbocycles. The first kappa shape index (κ1) is 10.4. The van der Waals surface area contributed by atoms with Gasteiger partial charge in [-0.3, -0.25) is 0 Å².